The molecule has 0 atom stereocenters. The smallest absolute Gasteiger partial charge is 0.240 e. The molecule has 21 heavy (non-hydrogen) atoms. The van der Waals surface area contributed by atoms with Gasteiger partial charge in [0.25, 0.3) is 0 Å². The van der Waals surface area contributed by atoms with E-state index in [0.717, 1.165) is 0 Å². The van der Waals surface area contributed by atoms with Gasteiger partial charge in [0.1, 0.15) is 11.6 Å². The number of fused-ring (bicyclic) bond motifs is 1. The third-order valence-electron chi connectivity index (χ3n) is 2.98. The summed E-state index contributed by atoms with van der Waals surface area (Å²) in [4.78, 5) is 11.1. The summed E-state index contributed by atoms with van der Waals surface area (Å²) in [5.41, 5.74) is 6.25. The van der Waals surface area contributed by atoms with Crippen LogP contribution in [-0.4, -0.2) is 23.4 Å². The van der Waals surface area contributed by atoms with Gasteiger partial charge in [-0.25, -0.2) is 23.1 Å². The lowest BCUT2D eigenvalue weighted by molar-refractivity contribution is 0.580. The molecule has 3 rings (SSSR count). The molecule has 0 amide bonds. The van der Waals surface area contributed by atoms with E-state index in [9.17, 15) is 8.42 Å². The van der Waals surface area contributed by atoms with Crippen molar-refractivity contribution in [1.29, 1.82) is 0 Å². The molecule has 8 heteroatoms. The minimum absolute atomic E-state index is 0.105. The van der Waals surface area contributed by atoms with E-state index >= 15 is 0 Å². The first-order valence-electron chi connectivity index (χ1n) is 6.19. The summed E-state index contributed by atoms with van der Waals surface area (Å²) in [5, 5.41) is 0.713. The monoisotopic (exact) mass is 303 g/mol. The van der Waals surface area contributed by atoms with Crippen LogP contribution < -0.4 is 10.5 Å². The summed E-state index contributed by atoms with van der Waals surface area (Å²) in [6.07, 6.45) is 3.20. The zero-order valence-electron chi connectivity index (χ0n) is 10.9. The molecule has 108 valence electrons. The van der Waals surface area contributed by atoms with Crippen molar-refractivity contribution < 1.29 is 8.42 Å². The van der Waals surface area contributed by atoms with Crippen molar-refractivity contribution in [2.75, 3.05) is 5.73 Å². The summed E-state index contributed by atoms with van der Waals surface area (Å²) >= 11 is 0. The van der Waals surface area contributed by atoms with Crippen LogP contribution in [0.5, 0.6) is 0 Å². The van der Waals surface area contributed by atoms with Crippen molar-refractivity contribution in [3.05, 3.63) is 48.5 Å². The molecule has 1 aromatic carbocycles. The highest BCUT2D eigenvalue weighted by molar-refractivity contribution is 7.89. The first kappa shape index (κ1) is 13.5. The molecule has 0 spiro atoms. The highest BCUT2D eigenvalue weighted by Crippen LogP contribution is 2.18. The fourth-order valence-electron chi connectivity index (χ4n) is 1.93. The molecule has 0 aliphatic carbocycles. The molecule has 2 aromatic heterocycles. The van der Waals surface area contributed by atoms with E-state index in [1.165, 1.54) is 6.07 Å². The molecular weight excluding hydrogens is 290 g/mol. The van der Waals surface area contributed by atoms with Gasteiger partial charge in [-0.3, -0.25) is 0 Å². The highest BCUT2D eigenvalue weighted by atomic mass is 32.2. The SMILES string of the molecule is Nc1ccc2cc(S(=O)(=O)NCc3ncc[nH]3)ccc2n1. The molecular formula is C13H13N5O2S. The second-order valence-corrected chi connectivity index (χ2v) is 6.22. The minimum atomic E-state index is -3.61. The Morgan fingerprint density at radius 1 is 1.24 bits per heavy atom. The quantitative estimate of drug-likeness (QED) is 0.666. The van der Waals surface area contributed by atoms with E-state index in [4.69, 9.17) is 5.73 Å². The molecule has 0 saturated carbocycles. The molecule has 0 radical (unpaired) electrons. The summed E-state index contributed by atoms with van der Waals surface area (Å²) in [7, 11) is -3.61. The number of anilines is 1. The maximum Gasteiger partial charge on any atom is 0.240 e. The average molecular weight is 303 g/mol. The highest BCUT2D eigenvalue weighted by Gasteiger charge is 2.15. The van der Waals surface area contributed by atoms with Gasteiger partial charge in [0.05, 0.1) is 17.0 Å². The molecule has 0 unspecified atom stereocenters. The van der Waals surface area contributed by atoms with Gasteiger partial charge in [-0.05, 0) is 30.3 Å². The normalized spacial score (nSPS) is 11.8. The summed E-state index contributed by atoms with van der Waals surface area (Å²) in [6.45, 7) is 0.105. The van der Waals surface area contributed by atoms with Gasteiger partial charge in [0, 0.05) is 17.8 Å². The van der Waals surface area contributed by atoms with E-state index in [2.05, 4.69) is 19.7 Å². The predicted molar refractivity (Wildman–Crippen MR) is 78.8 cm³/mol. The van der Waals surface area contributed by atoms with Crippen molar-refractivity contribution in [1.82, 2.24) is 19.7 Å². The van der Waals surface area contributed by atoms with E-state index in [0.29, 0.717) is 22.5 Å². The fourth-order valence-corrected chi connectivity index (χ4v) is 2.95. The molecule has 0 fully saturated rings. The van der Waals surface area contributed by atoms with Crippen molar-refractivity contribution >= 4 is 26.7 Å². The van der Waals surface area contributed by atoms with Crippen LogP contribution in [0.2, 0.25) is 0 Å². The number of sulfonamides is 1. The number of nitrogens with one attached hydrogen (secondary N) is 2. The van der Waals surface area contributed by atoms with Crippen LogP contribution in [0.15, 0.2) is 47.6 Å². The minimum Gasteiger partial charge on any atom is -0.384 e. The number of imidazole rings is 1. The standard InChI is InChI=1S/C13H13N5O2S/c14-12-4-1-9-7-10(2-3-11(9)18-12)21(19,20)17-8-13-15-5-6-16-13/h1-7,17H,8H2,(H2,14,18)(H,15,16). The molecule has 3 aromatic rings. The average Bonchev–Trinajstić information content (AvgIpc) is 2.98. The fraction of sp³-hybridized carbons (Fsp3) is 0.0769. The zero-order chi connectivity index (χ0) is 14.9. The number of nitrogens with two attached hydrogens (primary N) is 1. The number of pyridine rings is 1. The number of aromatic nitrogens is 3. The number of nitrogen functional groups attached to an aromatic ring is 1. The summed E-state index contributed by atoms with van der Waals surface area (Å²) < 4.78 is 27.0. The summed E-state index contributed by atoms with van der Waals surface area (Å²) in [5.74, 6) is 0.947. The second kappa shape index (κ2) is 5.15. The Kier molecular flexibility index (Phi) is 3.32. The van der Waals surface area contributed by atoms with Crippen LogP contribution in [0.25, 0.3) is 10.9 Å². The van der Waals surface area contributed by atoms with Crippen LogP contribution in [-0.2, 0) is 16.6 Å². The van der Waals surface area contributed by atoms with Crippen LogP contribution >= 0.6 is 0 Å². The molecule has 0 saturated heterocycles. The molecule has 2 heterocycles. The Bertz CT molecular complexity index is 875. The Labute approximate surface area is 121 Å². The van der Waals surface area contributed by atoms with Gasteiger partial charge >= 0.3 is 0 Å². The number of nitrogens with zero attached hydrogens (tertiary/aromatic N) is 2. The Morgan fingerprint density at radius 3 is 2.86 bits per heavy atom. The lowest BCUT2D eigenvalue weighted by Gasteiger charge is -2.07. The van der Waals surface area contributed by atoms with Crippen molar-refractivity contribution in [2.24, 2.45) is 0 Å². The van der Waals surface area contributed by atoms with Crippen molar-refractivity contribution in [2.45, 2.75) is 11.4 Å². The van der Waals surface area contributed by atoms with Gasteiger partial charge in [-0.15, -0.1) is 0 Å². The van der Waals surface area contributed by atoms with Crippen LogP contribution in [0.4, 0.5) is 5.82 Å². The van der Waals surface area contributed by atoms with Gasteiger partial charge in [0.15, 0.2) is 0 Å². The number of benzene rings is 1. The number of hydrogen-bond acceptors (Lipinski definition) is 5. The molecule has 4 N–H and O–H groups in total. The van der Waals surface area contributed by atoms with Gasteiger partial charge in [-0.2, -0.15) is 0 Å². The Morgan fingerprint density at radius 2 is 2.10 bits per heavy atom. The first-order valence-corrected chi connectivity index (χ1v) is 7.67. The molecule has 0 bridgehead atoms. The van der Waals surface area contributed by atoms with E-state index < -0.39 is 10.0 Å². The first-order chi connectivity index (χ1) is 10.0. The van der Waals surface area contributed by atoms with Gasteiger partial charge < -0.3 is 10.7 Å². The number of aromatic amines is 1. The molecule has 0 aliphatic heterocycles. The third-order valence-corrected chi connectivity index (χ3v) is 4.38. The Hall–Kier alpha value is -2.45. The van der Waals surface area contributed by atoms with Gasteiger partial charge in [0.2, 0.25) is 10.0 Å². The molecule has 0 aliphatic rings. The van der Waals surface area contributed by atoms with Crippen LogP contribution in [0.1, 0.15) is 5.82 Å². The van der Waals surface area contributed by atoms with E-state index in [1.807, 2.05) is 0 Å². The maximum atomic E-state index is 12.2. The van der Waals surface area contributed by atoms with Crippen molar-refractivity contribution in [3.63, 3.8) is 0 Å². The van der Waals surface area contributed by atoms with Crippen molar-refractivity contribution in [3.8, 4) is 0 Å². The third kappa shape index (κ3) is 2.86. The molecule has 7 nitrogen and oxygen atoms in total. The summed E-state index contributed by atoms with van der Waals surface area (Å²) in [6, 6.07) is 8.07. The van der Waals surface area contributed by atoms with Crippen LogP contribution in [0, 0.1) is 0 Å². The predicted octanol–water partition coefficient (Wildman–Crippen LogP) is 1.02. The van der Waals surface area contributed by atoms with E-state index in [1.54, 1.807) is 36.7 Å². The maximum absolute atomic E-state index is 12.2. The number of rotatable bonds is 4. The topological polar surface area (TPSA) is 114 Å². The largest absolute Gasteiger partial charge is 0.384 e. The van der Waals surface area contributed by atoms with E-state index in [-0.39, 0.29) is 11.4 Å². The lowest BCUT2D eigenvalue weighted by atomic mass is 10.2. The second-order valence-electron chi connectivity index (χ2n) is 4.45. The number of hydrogen-bond donors (Lipinski definition) is 3. The zero-order valence-corrected chi connectivity index (χ0v) is 11.8. The number of H-pyrrole nitrogens is 1. The van der Waals surface area contributed by atoms with Gasteiger partial charge in [-0.1, -0.05) is 0 Å². The lowest BCUT2D eigenvalue weighted by Crippen LogP contribution is -2.23. The Balaban J connectivity index is 1.89. The van der Waals surface area contributed by atoms with Crippen LogP contribution in [0.3, 0.4) is 0 Å².